The lowest BCUT2D eigenvalue weighted by molar-refractivity contribution is 0.110. The Kier molecular flexibility index (Phi) is 26.5. The van der Waals surface area contributed by atoms with Crippen LogP contribution in [0.1, 0.15) is 125 Å². The summed E-state index contributed by atoms with van der Waals surface area (Å²) in [6.45, 7) is 11.8. The highest BCUT2D eigenvalue weighted by Gasteiger charge is 2.24. The third-order valence-electron chi connectivity index (χ3n) is 5.68. The Morgan fingerprint density at radius 1 is 0.719 bits per heavy atom. The summed E-state index contributed by atoms with van der Waals surface area (Å²) >= 11 is 0. The van der Waals surface area contributed by atoms with Crippen molar-refractivity contribution in [2.45, 2.75) is 125 Å². The third-order valence-corrected chi connectivity index (χ3v) is 6.63. The first-order valence-corrected chi connectivity index (χ1v) is 14.5. The van der Waals surface area contributed by atoms with Crippen LogP contribution in [-0.2, 0) is 18.5 Å². The van der Waals surface area contributed by atoms with Gasteiger partial charge in [-0.05, 0) is 37.5 Å². The first kappa shape index (κ1) is 33.7. The topological polar surface area (TPSA) is 94.4 Å². The summed E-state index contributed by atoms with van der Waals surface area (Å²) < 4.78 is 22.2. The van der Waals surface area contributed by atoms with Crippen LogP contribution in [0.15, 0.2) is 5.34 Å². The van der Waals surface area contributed by atoms with Crippen molar-refractivity contribution in [2.75, 3.05) is 19.8 Å². The Bertz CT molecular complexity index is 415. The van der Waals surface area contributed by atoms with Crippen LogP contribution in [0.5, 0.6) is 0 Å². The van der Waals surface area contributed by atoms with Gasteiger partial charge >= 0.3 is 7.82 Å². The maximum Gasteiger partial charge on any atom is 0.472 e. The van der Waals surface area contributed by atoms with Crippen molar-refractivity contribution in [3.8, 4) is 0 Å². The highest BCUT2D eigenvalue weighted by atomic mass is 31.2. The quantitative estimate of drug-likeness (QED) is 0.0720. The van der Waals surface area contributed by atoms with Gasteiger partial charge in [0, 0.05) is 0 Å². The fourth-order valence-electron chi connectivity index (χ4n) is 3.22. The molecule has 32 heavy (non-hydrogen) atoms. The maximum absolute atomic E-state index is 11.9. The summed E-state index contributed by atoms with van der Waals surface area (Å²) in [5.74, 6) is 0.687. The van der Waals surface area contributed by atoms with Gasteiger partial charge in [-0.2, -0.15) is 0 Å². The normalized spacial score (nSPS) is 14.7. The van der Waals surface area contributed by atoms with Gasteiger partial charge in [0.2, 0.25) is 0 Å². The molecule has 0 saturated heterocycles. The molecule has 194 valence electrons. The number of phosphoric ester groups is 1. The van der Waals surface area contributed by atoms with Crippen LogP contribution in [0.2, 0.25) is 0 Å². The minimum Gasteiger partial charge on any atom is -0.364 e. The van der Waals surface area contributed by atoms with Crippen molar-refractivity contribution in [3.63, 3.8) is 0 Å². The second kappa shape index (κ2) is 25.1. The van der Waals surface area contributed by atoms with Gasteiger partial charge in [-0.25, -0.2) is 4.57 Å². The van der Waals surface area contributed by atoms with Crippen LogP contribution >= 0.6 is 7.82 Å². The molecule has 0 aromatic heterocycles. The summed E-state index contributed by atoms with van der Waals surface area (Å²) in [7, 11) is -3.89. The second-order valence-corrected chi connectivity index (χ2v) is 10.0. The number of hydrogen-bond acceptors (Lipinski definition) is 6. The molecule has 0 bridgehead atoms. The molecule has 0 amide bonds. The molecule has 0 saturated carbocycles. The maximum atomic E-state index is 11.9. The van der Waals surface area contributed by atoms with Crippen LogP contribution < -0.4 is 0 Å². The van der Waals surface area contributed by atoms with Crippen molar-refractivity contribution in [3.05, 3.63) is 4.91 Å². The van der Waals surface area contributed by atoms with Crippen LogP contribution in [0.25, 0.3) is 0 Å². The Labute approximate surface area is 197 Å². The molecule has 8 heteroatoms. The zero-order valence-corrected chi connectivity index (χ0v) is 22.5. The fraction of sp³-hybridized carbons (Fsp3) is 1.00. The summed E-state index contributed by atoms with van der Waals surface area (Å²) in [4.78, 5) is 23.5. The molecule has 0 aliphatic rings. The zero-order valence-electron chi connectivity index (χ0n) is 21.6. The van der Waals surface area contributed by atoms with Gasteiger partial charge in [0.1, 0.15) is 6.61 Å². The van der Waals surface area contributed by atoms with E-state index in [1.54, 1.807) is 0 Å². The molecule has 0 aliphatic heterocycles. The highest BCUT2D eigenvalue weighted by Crippen LogP contribution is 2.44. The van der Waals surface area contributed by atoms with E-state index in [1.165, 1.54) is 25.7 Å². The van der Waals surface area contributed by atoms with Gasteiger partial charge in [-0.15, -0.1) is 4.91 Å². The fourth-order valence-corrected chi connectivity index (χ4v) is 4.09. The van der Waals surface area contributed by atoms with Crippen LogP contribution in [0.4, 0.5) is 0 Å². The van der Waals surface area contributed by atoms with E-state index in [-0.39, 0.29) is 0 Å². The van der Waals surface area contributed by atoms with Gasteiger partial charge in [0.05, 0.1) is 13.2 Å². The molecule has 0 aromatic carbocycles. The monoisotopic (exact) mass is 481 g/mol. The van der Waals surface area contributed by atoms with Gasteiger partial charge in [0.25, 0.3) is 0 Å². The summed E-state index contributed by atoms with van der Waals surface area (Å²) in [6, 6.07) is 0. The summed E-state index contributed by atoms with van der Waals surface area (Å²) in [5, 5.41) is 2.32. The average molecular weight is 482 g/mol. The largest absolute Gasteiger partial charge is 0.472 e. The second-order valence-electron chi connectivity index (χ2n) is 8.57. The van der Waals surface area contributed by atoms with Crippen molar-refractivity contribution in [2.24, 2.45) is 17.2 Å². The molecule has 0 fully saturated rings. The third kappa shape index (κ3) is 24.2. The predicted octanol–water partition coefficient (Wildman–Crippen LogP) is 8.60. The Balaban J connectivity index is 0. The van der Waals surface area contributed by atoms with Gasteiger partial charge in [0.15, 0.2) is 5.34 Å². The van der Waals surface area contributed by atoms with Crippen LogP contribution in [-0.4, -0.2) is 24.7 Å². The van der Waals surface area contributed by atoms with E-state index in [2.05, 4.69) is 44.8 Å². The van der Waals surface area contributed by atoms with Gasteiger partial charge in [-0.3, -0.25) is 9.05 Å². The standard InChI is InChI=1S/C16H35O4P.C8H17NO2/c1-5-9-11-15(7-3)13-19-21(17,18)20-14-16(8-4)12-10-6-2;1-2-3-4-5-6-7-8-11-9-10/h15-16H,5-14H2,1-4H3,(H,17,18);2-8H2,1H3. The van der Waals surface area contributed by atoms with E-state index in [1.807, 2.05) is 0 Å². The zero-order chi connectivity index (χ0) is 24.5. The molecule has 2 atom stereocenters. The van der Waals surface area contributed by atoms with E-state index in [4.69, 9.17) is 9.05 Å². The Hall–Kier alpha value is -0.490. The number of hydrogen-bond donors (Lipinski definition) is 1. The smallest absolute Gasteiger partial charge is 0.364 e. The number of phosphoric acid groups is 1. The van der Waals surface area contributed by atoms with E-state index < -0.39 is 7.82 Å². The first-order valence-electron chi connectivity index (χ1n) is 13.0. The summed E-state index contributed by atoms with van der Waals surface area (Å²) in [6.07, 6.45) is 15.8. The summed E-state index contributed by atoms with van der Waals surface area (Å²) in [5.41, 5.74) is 0. The molecular formula is C24H52NO6P. The lowest BCUT2D eigenvalue weighted by Crippen LogP contribution is -2.12. The van der Waals surface area contributed by atoms with E-state index in [0.717, 1.165) is 64.2 Å². The SMILES string of the molecule is CCCCC(CC)COP(=O)(O)OCC(CC)CCCC.CCCCCCCCON=O. The van der Waals surface area contributed by atoms with Crippen molar-refractivity contribution < 1.29 is 23.3 Å². The molecule has 0 spiro atoms. The molecule has 0 aromatic rings. The van der Waals surface area contributed by atoms with Crippen LogP contribution in [0, 0.1) is 16.7 Å². The van der Waals surface area contributed by atoms with Gasteiger partial charge < -0.3 is 9.73 Å². The highest BCUT2D eigenvalue weighted by molar-refractivity contribution is 7.47. The Morgan fingerprint density at radius 2 is 1.16 bits per heavy atom. The van der Waals surface area contributed by atoms with Gasteiger partial charge in [-0.1, -0.05) is 98.8 Å². The van der Waals surface area contributed by atoms with E-state index >= 15 is 0 Å². The molecule has 7 nitrogen and oxygen atoms in total. The lowest BCUT2D eigenvalue weighted by atomic mass is 10.0. The minimum atomic E-state index is -3.89. The number of nitrogens with zero attached hydrogens (tertiary/aromatic N) is 1. The molecule has 0 radical (unpaired) electrons. The first-order chi connectivity index (χ1) is 15.4. The molecule has 0 aliphatic carbocycles. The number of unbranched alkanes of at least 4 members (excludes halogenated alkanes) is 7. The predicted molar refractivity (Wildman–Crippen MR) is 133 cm³/mol. The molecular weight excluding hydrogens is 429 g/mol. The molecule has 2 unspecified atom stereocenters. The average Bonchev–Trinajstić information content (AvgIpc) is 2.79. The Morgan fingerprint density at radius 3 is 1.56 bits per heavy atom. The molecule has 0 heterocycles. The van der Waals surface area contributed by atoms with Crippen molar-refractivity contribution in [1.82, 2.24) is 0 Å². The lowest BCUT2D eigenvalue weighted by Gasteiger charge is -2.20. The van der Waals surface area contributed by atoms with Crippen molar-refractivity contribution in [1.29, 1.82) is 0 Å². The number of rotatable bonds is 22. The van der Waals surface area contributed by atoms with E-state index in [0.29, 0.717) is 31.7 Å². The van der Waals surface area contributed by atoms with Crippen molar-refractivity contribution >= 4 is 7.82 Å². The minimum absolute atomic E-state index is 0.316. The molecule has 1 N–H and O–H groups in total. The van der Waals surface area contributed by atoms with E-state index in [9.17, 15) is 14.4 Å². The van der Waals surface area contributed by atoms with Crippen LogP contribution in [0.3, 0.4) is 0 Å². The molecule has 0 rings (SSSR count).